The molecule has 0 aliphatic heterocycles. The Bertz CT molecular complexity index is 519. The van der Waals surface area contributed by atoms with Gasteiger partial charge in [-0.2, -0.15) is 5.10 Å². The van der Waals surface area contributed by atoms with Crippen molar-refractivity contribution in [3.05, 3.63) is 51.6 Å². The number of aromatic amines is 1. The van der Waals surface area contributed by atoms with Crippen LogP contribution in [0, 0.1) is 17.0 Å². The molecule has 6 nitrogen and oxygen atoms in total. The Morgan fingerprint density at radius 1 is 1.29 bits per heavy atom. The molecule has 0 atom stereocenters. The summed E-state index contributed by atoms with van der Waals surface area (Å²) in [7, 11) is 0. The van der Waals surface area contributed by atoms with Crippen LogP contribution in [0.15, 0.2) is 24.3 Å². The van der Waals surface area contributed by atoms with E-state index in [-0.39, 0.29) is 5.69 Å². The molecule has 0 unspecified atom stereocenters. The summed E-state index contributed by atoms with van der Waals surface area (Å²) in [5, 5.41) is 17.3. The van der Waals surface area contributed by atoms with Crippen molar-refractivity contribution in [1.29, 1.82) is 0 Å². The van der Waals surface area contributed by atoms with E-state index in [2.05, 4.69) is 15.2 Å². The second-order valence-electron chi connectivity index (χ2n) is 3.76. The van der Waals surface area contributed by atoms with Gasteiger partial charge >= 0.3 is 0 Å². The quantitative estimate of drug-likeness (QED) is 0.643. The Morgan fingerprint density at radius 3 is 2.53 bits per heavy atom. The molecule has 0 aliphatic rings. The van der Waals surface area contributed by atoms with Gasteiger partial charge in [0.05, 0.1) is 4.92 Å². The average Bonchev–Trinajstić information content (AvgIpc) is 2.73. The number of nitrogens with zero attached hydrogens (tertiary/aromatic N) is 3. The van der Waals surface area contributed by atoms with Crippen molar-refractivity contribution in [3.8, 4) is 0 Å². The summed E-state index contributed by atoms with van der Waals surface area (Å²) in [4.78, 5) is 14.3. The lowest BCUT2D eigenvalue weighted by Gasteiger charge is -1.98. The highest BCUT2D eigenvalue weighted by Crippen LogP contribution is 2.13. The van der Waals surface area contributed by atoms with Crippen molar-refractivity contribution in [2.45, 2.75) is 19.8 Å². The molecule has 0 aliphatic carbocycles. The summed E-state index contributed by atoms with van der Waals surface area (Å²) in [5.74, 6) is 1.56. The Morgan fingerprint density at radius 2 is 2.00 bits per heavy atom. The first-order chi connectivity index (χ1) is 8.15. The molecule has 0 bridgehead atoms. The van der Waals surface area contributed by atoms with Crippen molar-refractivity contribution in [2.75, 3.05) is 0 Å². The zero-order chi connectivity index (χ0) is 12.3. The van der Waals surface area contributed by atoms with E-state index in [0.29, 0.717) is 0 Å². The number of aromatic nitrogens is 3. The number of non-ortho nitro benzene ring substituents is 1. The van der Waals surface area contributed by atoms with E-state index in [1.807, 2.05) is 6.92 Å². The van der Waals surface area contributed by atoms with E-state index >= 15 is 0 Å². The summed E-state index contributed by atoms with van der Waals surface area (Å²) in [6.45, 7) is 1.85. The monoisotopic (exact) mass is 232 g/mol. The minimum absolute atomic E-state index is 0.113. The lowest BCUT2D eigenvalue weighted by molar-refractivity contribution is -0.384. The van der Waals surface area contributed by atoms with E-state index in [9.17, 15) is 10.1 Å². The van der Waals surface area contributed by atoms with Gasteiger partial charge in [0.15, 0.2) is 5.82 Å². The molecule has 6 heteroatoms. The fourth-order valence-electron chi connectivity index (χ4n) is 1.54. The number of rotatable bonds is 4. The molecule has 1 heterocycles. The van der Waals surface area contributed by atoms with Crippen molar-refractivity contribution in [3.63, 3.8) is 0 Å². The molecule has 0 fully saturated rings. The number of nitro groups is 1. The first-order valence-electron chi connectivity index (χ1n) is 5.26. The predicted molar refractivity (Wildman–Crippen MR) is 61.6 cm³/mol. The fourth-order valence-corrected chi connectivity index (χ4v) is 1.54. The van der Waals surface area contributed by atoms with Crippen molar-refractivity contribution < 1.29 is 4.92 Å². The first-order valence-corrected chi connectivity index (χ1v) is 5.26. The third-order valence-electron chi connectivity index (χ3n) is 2.43. The van der Waals surface area contributed by atoms with Crippen LogP contribution < -0.4 is 0 Å². The Hall–Kier alpha value is -2.24. The minimum Gasteiger partial charge on any atom is -0.263 e. The second kappa shape index (κ2) is 4.73. The fraction of sp³-hybridized carbons (Fsp3) is 0.273. The molecule has 2 aromatic rings. The molecule has 0 amide bonds. The van der Waals surface area contributed by atoms with E-state index in [1.165, 1.54) is 12.1 Å². The van der Waals surface area contributed by atoms with Crippen molar-refractivity contribution in [2.24, 2.45) is 0 Å². The molecule has 0 spiro atoms. The van der Waals surface area contributed by atoms with Crippen LogP contribution in [0.1, 0.15) is 17.2 Å². The predicted octanol–water partition coefficient (Wildman–Crippen LogP) is 1.81. The maximum absolute atomic E-state index is 10.5. The Balaban J connectivity index is 1.97. The maximum atomic E-state index is 10.5. The third kappa shape index (κ3) is 2.87. The van der Waals surface area contributed by atoms with E-state index in [1.54, 1.807) is 12.1 Å². The van der Waals surface area contributed by atoms with Crippen LogP contribution in [-0.4, -0.2) is 20.1 Å². The van der Waals surface area contributed by atoms with Gasteiger partial charge in [-0.1, -0.05) is 12.1 Å². The second-order valence-corrected chi connectivity index (χ2v) is 3.76. The summed E-state index contributed by atoms with van der Waals surface area (Å²) in [5.41, 5.74) is 1.15. The van der Waals surface area contributed by atoms with Crippen LogP contribution in [0.25, 0.3) is 0 Å². The van der Waals surface area contributed by atoms with Gasteiger partial charge in [0, 0.05) is 18.6 Å². The van der Waals surface area contributed by atoms with Gasteiger partial charge in [0.2, 0.25) is 0 Å². The molecule has 0 radical (unpaired) electrons. The normalized spacial score (nSPS) is 10.4. The summed E-state index contributed by atoms with van der Waals surface area (Å²) in [6, 6.07) is 6.55. The largest absolute Gasteiger partial charge is 0.269 e. The van der Waals surface area contributed by atoms with Crippen LogP contribution in [-0.2, 0) is 12.8 Å². The molecule has 1 aromatic carbocycles. The number of hydrogen-bond acceptors (Lipinski definition) is 4. The first kappa shape index (κ1) is 11.3. The zero-order valence-corrected chi connectivity index (χ0v) is 9.38. The van der Waals surface area contributed by atoms with Gasteiger partial charge < -0.3 is 0 Å². The van der Waals surface area contributed by atoms with Crippen LogP contribution in [0.2, 0.25) is 0 Å². The molecule has 1 aromatic heterocycles. The number of H-pyrrole nitrogens is 1. The number of benzene rings is 1. The summed E-state index contributed by atoms with van der Waals surface area (Å²) < 4.78 is 0. The highest BCUT2D eigenvalue weighted by atomic mass is 16.6. The number of hydrogen-bond donors (Lipinski definition) is 1. The topological polar surface area (TPSA) is 84.7 Å². The lowest BCUT2D eigenvalue weighted by atomic mass is 10.1. The Kier molecular flexibility index (Phi) is 3.13. The van der Waals surface area contributed by atoms with Crippen LogP contribution in [0.5, 0.6) is 0 Å². The molecule has 17 heavy (non-hydrogen) atoms. The van der Waals surface area contributed by atoms with Crippen LogP contribution in [0.4, 0.5) is 5.69 Å². The maximum Gasteiger partial charge on any atom is 0.269 e. The van der Waals surface area contributed by atoms with Crippen LogP contribution >= 0.6 is 0 Å². The molecular weight excluding hydrogens is 220 g/mol. The molecule has 1 N–H and O–H groups in total. The van der Waals surface area contributed by atoms with Gasteiger partial charge in [-0.15, -0.1) is 0 Å². The Labute approximate surface area is 97.9 Å². The van der Waals surface area contributed by atoms with Gasteiger partial charge in [-0.3, -0.25) is 15.2 Å². The number of nitrogens with one attached hydrogen (secondary N) is 1. The van der Waals surface area contributed by atoms with E-state index in [0.717, 1.165) is 30.1 Å². The summed E-state index contributed by atoms with van der Waals surface area (Å²) >= 11 is 0. The highest BCUT2D eigenvalue weighted by molar-refractivity contribution is 5.33. The lowest BCUT2D eigenvalue weighted by Crippen LogP contribution is -1.94. The van der Waals surface area contributed by atoms with Crippen molar-refractivity contribution >= 4 is 5.69 Å². The van der Waals surface area contributed by atoms with Gasteiger partial charge in [0.25, 0.3) is 5.69 Å². The van der Waals surface area contributed by atoms with Crippen molar-refractivity contribution in [1.82, 2.24) is 15.2 Å². The minimum atomic E-state index is -0.400. The molecule has 88 valence electrons. The average molecular weight is 232 g/mol. The van der Waals surface area contributed by atoms with Gasteiger partial charge in [0.1, 0.15) is 5.82 Å². The summed E-state index contributed by atoms with van der Waals surface area (Å²) in [6.07, 6.45) is 1.50. The molecule has 0 saturated heterocycles. The molecule has 2 rings (SSSR count). The van der Waals surface area contributed by atoms with Crippen LogP contribution in [0.3, 0.4) is 0 Å². The molecule has 0 saturated carbocycles. The van der Waals surface area contributed by atoms with E-state index in [4.69, 9.17) is 0 Å². The highest BCUT2D eigenvalue weighted by Gasteiger charge is 2.05. The standard InChI is InChI=1S/C11H12N4O2/c1-8-12-11(14-13-8)7-4-9-2-5-10(6-3-9)15(16)17/h2-3,5-6H,4,7H2,1H3,(H,12,13,14). The number of aryl methyl sites for hydroxylation is 3. The van der Waals surface area contributed by atoms with Gasteiger partial charge in [-0.25, -0.2) is 4.98 Å². The zero-order valence-electron chi connectivity index (χ0n) is 9.38. The molecular formula is C11H12N4O2. The van der Waals surface area contributed by atoms with E-state index < -0.39 is 4.92 Å². The number of nitro benzene ring substituents is 1. The third-order valence-corrected chi connectivity index (χ3v) is 2.43. The van der Waals surface area contributed by atoms with Gasteiger partial charge in [-0.05, 0) is 18.9 Å². The smallest absolute Gasteiger partial charge is 0.263 e. The SMILES string of the molecule is Cc1nc(CCc2ccc([N+](=O)[O-])cc2)n[nH]1.